The maximum absolute atomic E-state index is 13.3. The van der Waals surface area contributed by atoms with Crippen LogP contribution >= 0.6 is 0 Å². The van der Waals surface area contributed by atoms with Gasteiger partial charge in [0.25, 0.3) is 8.32 Å². The number of rotatable bonds is 11. The third-order valence-electron chi connectivity index (χ3n) is 7.20. The summed E-state index contributed by atoms with van der Waals surface area (Å²) in [5.74, 6) is -1.43. The van der Waals surface area contributed by atoms with Gasteiger partial charge in [-0.05, 0) is 50.8 Å². The summed E-state index contributed by atoms with van der Waals surface area (Å²) in [4.78, 5) is 25.8. The summed E-state index contributed by atoms with van der Waals surface area (Å²) in [7, 11) is -2.85. The van der Waals surface area contributed by atoms with Gasteiger partial charge in [-0.2, -0.15) is 0 Å². The molecule has 0 aromatic heterocycles. The molecule has 0 saturated heterocycles. The Hall–Kier alpha value is -4.07. The maximum atomic E-state index is 13.3. The fourth-order valence-electron chi connectivity index (χ4n) is 5.25. The first-order valence-corrected chi connectivity index (χ1v) is 15.2. The minimum absolute atomic E-state index is 0.109. The molecule has 4 aromatic carbocycles. The van der Waals surface area contributed by atoms with Crippen molar-refractivity contribution in [3.63, 3.8) is 0 Å². The molecule has 1 amide bonds. The highest BCUT2D eigenvalue weighted by molar-refractivity contribution is 6.99. The van der Waals surface area contributed by atoms with Crippen LogP contribution in [0.15, 0.2) is 109 Å². The van der Waals surface area contributed by atoms with Crippen LogP contribution in [0.3, 0.4) is 0 Å². The Morgan fingerprint density at radius 3 is 1.75 bits per heavy atom. The summed E-state index contributed by atoms with van der Waals surface area (Å²) in [6, 6.07) is 32.2. The Balaban J connectivity index is 1.60. The van der Waals surface area contributed by atoms with Crippen molar-refractivity contribution in [1.29, 1.82) is 0 Å². The molecule has 5 nitrogen and oxygen atoms in total. The molecule has 40 heavy (non-hydrogen) atoms. The summed E-state index contributed by atoms with van der Waals surface area (Å²) < 4.78 is 20.2. The van der Waals surface area contributed by atoms with Crippen LogP contribution in [0.4, 0.5) is 10.1 Å². The van der Waals surface area contributed by atoms with Crippen LogP contribution in [0.5, 0.6) is 0 Å². The molecule has 1 N–H and O–H groups in total. The lowest BCUT2D eigenvalue weighted by molar-refractivity contribution is -0.139. The molecule has 0 bridgehead atoms. The number of carbonyl (C=O) groups excluding carboxylic acids is 1. The minimum Gasteiger partial charge on any atom is -0.480 e. The van der Waals surface area contributed by atoms with Gasteiger partial charge in [0.2, 0.25) is 6.41 Å². The van der Waals surface area contributed by atoms with Crippen LogP contribution in [0.2, 0.25) is 5.04 Å². The molecule has 0 unspecified atom stereocenters. The summed E-state index contributed by atoms with van der Waals surface area (Å²) in [5, 5.41) is 12.1. The Bertz CT molecular complexity index is 1370. The molecular formula is C33H34FNO4Si. The van der Waals surface area contributed by atoms with E-state index in [1.807, 2.05) is 36.4 Å². The van der Waals surface area contributed by atoms with Crippen molar-refractivity contribution in [3.05, 3.63) is 115 Å². The van der Waals surface area contributed by atoms with E-state index in [2.05, 4.69) is 45.0 Å². The van der Waals surface area contributed by atoms with Gasteiger partial charge < -0.3 is 14.4 Å². The molecule has 0 heterocycles. The van der Waals surface area contributed by atoms with Crippen molar-refractivity contribution in [2.45, 2.75) is 38.3 Å². The lowest BCUT2D eigenvalue weighted by Gasteiger charge is -2.43. The van der Waals surface area contributed by atoms with Crippen molar-refractivity contribution < 1.29 is 23.5 Å². The Morgan fingerprint density at radius 2 is 1.32 bits per heavy atom. The topological polar surface area (TPSA) is 66.8 Å². The van der Waals surface area contributed by atoms with Crippen LogP contribution in [0.1, 0.15) is 27.2 Å². The van der Waals surface area contributed by atoms with E-state index in [1.165, 1.54) is 17.0 Å². The van der Waals surface area contributed by atoms with Crippen molar-refractivity contribution in [1.82, 2.24) is 0 Å². The predicted molar refractivity (Wildman–Crippen MR) is 160 cm³/mol. The van der Waals surface area contributed by atoms with Gasteiger partial charge in [-0.1, -0.05) is 106 Å². The molecule has 0 spiro atoms. The number of anilines is 1. The Labute approximate surface area is 236 Å². The van der Waals surface area contributed by atoms with Gasteiger partial charge in [-0.15, -0.1) is 0 Å². The number of nitrogens with zero attached hydrogens (tertiary/aromatic N) is 1. The number of hydrogen-bond donors (Lipinski definition) is 1. The van der Waals surface area contributed by atoms with Crippen LogP contribution < -0.4 is 15.3 Å². The smallest absolute Gasteiger partial charge is 0.326 e. The molecule has 206 valence electrons. The SMILES string of the molecule is CC(C)(C)[Si](OCC[C@@H](C(=O)O)N(C=O)c1ccc(-c2ccc(F)cc2)cc1)(c1ccccc1)c1ccccc1. The van der Waals surface area contributed by atoms with Gasteiger partial charge in [0.1, 0.15) is 11.9 Å². The zero-order chi connectivity index (χ0) is 28.8. The number of benzene rings is 4. The predicted octanol–water partition coefficient (Wildman–Crippen LogP) is 5.88. The second-order valence-electron chi connectivity index (χ2n) is 10.7. The van der Waals surface area contributed by atoms with Gasteiger partial charge >= 0.3 is 5.97 Å². The molecule has 0 fully saturated rings. The van der Waals surface area contributed by atoms with Crippen molar-refractivity contribution in [3.8, 4) is 11.1 Å². The minimum atomic E-state index is -2.85. The highest BCUT2D eigenvalue weighted by Crippen LogP contribution is 2.37. The van der Waals surface area contributed by atoms with Crippen molar-refractivity contribution >= 4 is 36.8 Å². The average Bonchev–Trinajstić information content (AvgIpc) is 2.95. The fourth-order valence-corrected chi connectivity index (χ4v) is 9.83. The average molecular weight is 556 g/mol. The zero-order valence-electron chi connectivity index (χ0n) is 23.0. The van der Waals surface area contributed by atoms with Crippen LogP contribution in [-0.2, 0) is 14.0 Å². The van der Waals surface area contributed by atoms with Gasteiger partial charge in [-0.3, -0.25) is 4.79 Å². The van der Waals surface area contributed by atoms with Gasteiger partial charge in [0.05, 0.1) is 0 Å². The summed E-state index contributed by atoms with van der Waals surface area (Å²) in [6.45, 7) is 6.64. The number of carboxylic acid groups (broad SMARTS) is 1. The largest absolute Gasteiger partial charge is 0.480 e. The third kappa shape index (κ3) is 6.06. The first-order chi connectivity index (χ1) is 19.2. The molecule has 0 radical (unpaired) electrons. The van der Waals surface area contributed by atoms with Crippen LogP contribution in [0.25, 0.3) is 11.1 Å². The zero-order valence-corrected chi connectivity index (χ0v) is 24.0. The molecule has 1 atom stereocenters. The highest BCUT2D eigenvalue weighted by atomic mass is 28.4. The molecule has 0 aliphatic carbocycles. The molecule has 0 aliphatic rings. The van der Waals surface area contributed by atoms with Crippen molar-refractivity contribution in [2.24, 2.45) is 0 Å². The summed E-state index contributed by atoms with van der Waals surface area (Å²) >= 11 is 0. The van der Waals surface area contributed by atoms with E-state index in [-0.39, 0.29) is 23.9 Å². The van der Waals surface area contributed by atoms with Gasteiger partial charge in [-0.25, -0.2) is 9.18 Å². The van der Waals surface area contributed by atoms with E-state index >= 15 is 0 Å². The third-order valence-corrected chi connectivity index (χ3v) is 12.2. The van der Waals surface area contributed by atoms with E-state index in [1.54, 1.807) is 36.4 Å². The number of halogens is 1. The molecule has 0 saturated carbocycles. The molecule has 0 aliphatic heterocycles. The lowest BCUT2D eigenvalue weighted by Crippen LogP contribution is -2.66. The first kappa shape index (κ1) is 28.9. The van der Waals surface area contributed by atoms with E-state index in [0.29, 0.717) is 12.1 Å². The number of carbonyl (C=O) groups is 2. The normalized spacial score (nSPS) is 12.5. The Morgan fingerprint density at radius 1 is 0.850 bits per heavy atom. The number of carboxylic acids is 1. The standard InChI is InChI=1S/C33H34FNO4Si/c1-33(2,3)40(29-10-6-4-7-11-29,30-12-8-5-9-13-30)39-23-22-31(32(37)38)35(24-36)28-20-16-26(17-21-28)25-14-18-27(34)19-15-25/h4-21,24,31H,22-23H2,1-3H3,(H,37,38)/t31-/m0/s1. The van der Waals surface area contributed by atoms with Crippen molar-refractivity contribution in [2.75, 3.05) is 11.5 Å². The molecular weight excluding hydrogens is 521 g/mol. The van der Waals surface area contributed by atoms with E-state index < -0.39 is 20.3 Å². The molecule has 4 rings (SSSR count). The molecule has 7 heteroatoms. The molecule has 4 aromatic rings. The van der Waals surface area contributed by atoms with Gasteiger partial charge in [0, 0.05) is 18.7 Å². The van der Waals surface area contributed by atoms with Gasteiger partial charge in [0.15, 0.2) is 0 Å². The fraction of sp³-hybridized carbons (Fsp3) is 0.212. The van der Waals surface area contributed by atoms with Crippen LogP contribution in [0, 0.1) is 5.82 Å². The second kappa shape index (κ2) is 12.4. The highest BCUT2D eigenvalue weighted by Gasteiger charge is 2.50. The quantitative estimate of drug-likeness (QED) is 0.186. The monoisotopic (exact) mass is 555 g/mol. The Kier molecular flexibility index (Phi) is 8.97. The maximum Gasteiger partial charge on any atom is 0.326 e. The van der Waals surface area contributed by atoms with Crippen LogP contribution in [-0.4, -0.2) is 38.5 Å². The first-order valence-electron chi connectivity index (χ1n) is 13.2. The van der Waals surface area contributed by atoms with E-state index in [4.69, 9.17) is 4.43 Å². The number of hydrogen-bond acceptors (Lipinski definition) is 3. The number of amides is 1. The summed E-state index contributed by atoms with van der Waals surface area (Å²) in [6.07, 6.45) is 0.660. The summed E-state index contributed by atoms with van der Waals surface area (Å²) in [5.41, 5.74) is 2.11. The van der Waals surface area contributed by atoms with E-state index in [9.17, 15) is 19.1 Å². The van der Waals surface area contributed by atoms with E-state index in [0.717, 1.165) is 21.5 Å². The number of aliphatic carboxylic acids is 1. The lowest BCUT2D eigenvalue weighted by atomic mass is 10.0. The second-order valence-corrected chi connectivity index (χ2v) is 15.0.